The highest BCUT2D eigenvalue weighted by Gasteiger charge is 1.99. The zero-order valence-electron chi connectivity index (χ0n) is 12.0. The second kappa shape index (κ2) is 8.01. The topological polar surface area (TPSA) is 20.2 Å². The van der Waals surface area contributed by atoms with E-state index in [1.807, 2.05) is 23.9 Å². The van der Waals surface area contributed by atoms with Crippen LogP contribution in [0.3, 0.4) is 0 Å². The SMILES string of the molecule is CCCCCCSc1ccc(-c2ccc(O)cc2)cc1. The predicted octanol–water partition coefficient (Wildman–Crippen LogP) is 5.73. The molecular formula is C18H22OS. The molecule has 1 N–H and O–H groups in total. The maximum Gasteiger partial charge on any atom is 0.115 e. The Kier molecular flexibility index (Phi) is 6.00. The van der Waals surface area contributed by atoms with E-state index in [0.717, 1.165) is 5.56 Å². The number of phenolic OH excluding ortho intramolecular Hbond substituents is 1. The number of unbranched alkanes of at least 4 members (excludes halogenated alkanes) is 3. The van der Waals surface area contributed by atoms with Gasteiger partial charge in [0.05, 0.1) is 0 Å². The molecule has 2 rings (SSSR count). The van der Waals surface area contributed by atoms with Crippen molar-refractivity contribution in [3.05, 3.63) is 48.5 Å². The minimum Gasteiger partial charge on any atom is -0.508 e. The second-order valence-electron chi connectivity index (χ2n) is 4.98. The normalized spacial score (nSPS) is 10.7. The highest BCUT2D eigenvalue weighted by molar-refractivity contribution is 7.99. The number of thioether (sulfide) groups is 1. The number of aromatic hydroxyl groups is 1. The quantitative estimate of drug-likeness (QED) is 0.518. The summed E-state index contributed by atoms with van der Waals surface area (Å²) < 4.78 is 0. The van der Waals surface area contributed by atoms with Crippen molar-refractivity contribution in [2.75, 3.05) is 5.75 Å². The van der Waals surface area contributed by atoms with Gasteiger partial charge in [0, 0.05) is 4.90 Å². The third kappa shape index (κ3) is 4.61. The lowest BCUT2D eigenvalue weighted by molar-refractivity contribution is 0.475. The van der Waals surface area contributed by atoms with Crippen LogP contribution in [0.15, 0.2) is 53.4 Å². The van der Waals surface area contributed by atoms with Crippen LogP contribution in [0.4, 0.5) is 0 Å². The van der Waals surface area contributed by atoms with Crippen molar-refractivity contribution < 1.29 is 5.11 Å². The molecule has 0 aliphatic heterocycles. The first kappa shape index (κ1) is 15.0. The van der Waals surface area contributed by atoms with E-state index in [1.54, 1.807) is 12.1 Å². The number of benzene rings is 2. The summed E-state index contributed by atoms with van der Waals surface area (Å²) in [5, 5.41) is 9.30. The maximum absolute atomic E-state index is 9.30. The molecule has 0 saturated heterocycles. The van der Waals surface area contributed by atoms with Crippen molar-refractivity contribution in [1.29, 1.82) is 0 Å². The number of hydrogen-bond acceptors (Lipinski definition) is 2. The van der Waals surface area contributed by atoms with E-state index >= 15 is 0 Å². The van der Waals surface area contributed by atoms with Crippen LogP contribution < -0.4 is 0 Å². The lowest BCUT2D eigenvalue weighted by Gasteiger charge is -2.05. The summed E-state index contributed by atoms with van der Waals surface area (Å²) in [6.07, 6.45) is 5.29. The van der Waals surface area contributed by atoms with Gasteiger partial charge < -0.3 is 5.11 Å². The summed E-state index contributed by atoms with van der Waals surface area (Å²) >= 11 is 1.94. The first-order valence-corrected chi connectivity index (χ1v) is 8.30. The van der Waals surface area contributed by atoms with E-state index in [1.165, 1.54) is 41.9 Å². The molecule has 0 saturated carbocycles. The highest BCUT2D eigenvalue weighted by atomic mass is 32.2. The van der Waals surface area contributed by atoms with Crippen LogP contribution in [0.2, 0.25) is 0 Å². The first-order valence-electron chi connectivity index (χ1n) is 7.32. The Morgan fingerprint density at radius 2 is 1.40 bits per heavy atom. The Morgan fingerprint density at radius 1 is 0.800 bits per heavy atom. The summed E-state index contributed by atoms with van der Waals surface area (Å²) in [4.78, 5) is 1.34. The Hall–Kier alpha value is -1.41. The molecule has 0 unspecified atom stereocenters. The third-order valence-corrected chi connectivity index (χ3v) is 4.42. The van der Waals surface area contributed by atoms with E-state index in [2.05, 4.69) is 31.2 Å². The molecule has 0 heterocycles. The predicted molar refractivity (Wildman–Crippen MR) is 88.4 cm³/mol. The lowest BCUT2D eigenvalue weighted by atomic mass is 10.1. The summed E-state index contributed by atoms with van der Waals surface area (Å²) in [5.41, 5.74) is 2.34. The summed E-state index contributed by atoms with van der Waals surface area (Å²) in [6.45, 7) is 2.25. The van der Waals surface area contributed by atoms with Gasteiger partial charge in [0.1, 0.15) is 5.75 Å². The fraction of sp³-hybridized carbons (Fsp3) is 0.333. The van der Waals surface area contributed by atoms with Gasteiger partial charge in [-0.3, -0.25) is 0 Å². The van der Waals surface area contributed by atoms with Gasteiger partial charge in [-0.2, -0.15) is 0 Å². The van der Waals surface area contributed by atoms with Gasteiger partial charge in [-0.15, -0.1) is 11.8 Å². The summed E-state index contributed by atoms with van der Waals surface area (Å²) in [7, 11) is 0. The molecule has 20 heavy (non-hydrogen) atoms. The monoisotopic (exact) mass is 286 g/mol. The smallest absolute Gasteiger partial charge is 0.115 e. The van der Waals surface area contributed by atoms with Gasteiger partial charge in [-0.05, 0) is 47.6 Å². The molecule has 0 atom stereocenters. The van der Waals surface area contributed by atoms with Crippen LogP contribution in [-0.2, 0) is 0 Å². The van der Waals surface area contributed by atoms with Crippen LogP contribution in [0.1, 0.15) is 32.6 Å². The largest absolute Gasteiger partial charge is 0.508 e. The maximum atomic E-state index is 9.30. The molecule has 106 valence electrons. The average Bonchev–Trinajstić information content (AvgIpc) is 2.49. The molecule has 0 fully saturated rings. The van der Waals surface area contributed by atoms with Gasteiger partial charge in [0.15, 0.2) is 0 Å². The Balaban J connectivity index is 1.88. The van der Waals surface area contributed by atoms with Crippen LogP contribution >= 0.6 is 11.8 Å². The van der Waals surface area contributed by atoms with Crippen molar-refractivity contribution in [2.45, 2.75) is 37.5 Å². The van der Waals surface area contributed by atoms with Gasteiger partial charge in [0.25, 0.3) is 0 Å². The van der Waals surface area contributed by atoms with Crippen molar-refractivity contribution in [3.63, 3.8) is 0 Å². The van der Waals surface area contributed by atoms with Crippen molar-refractivity contribution in [3.8, 4) is 16.9 Å². The average molecular weight is 286 g/mol. The molecule has 2 aromatic carbocycles. The number of rotatable bonds is 7. The number of phenols is 1. The lowest BCUT2D eigenvalue weighted by Crippen LogP contribution is -1.82. The van der Waals surface area contributed by atoms with Gasteiger partial charge in [-0.1, -0.05) is 50.5 Å². The minimum absolute atomic E-state index is 0.313. The molecule has 0 bridgehead atoms. The van der Waals surface area contributed by atoms with Gasteiger partial charge in [-0.25, -0.2) is 0 Å². The van der Waals surface area contributed by atoms with Crippen LogP contribution in [0.25, 0.3) is 11.1 Å². The molecule has 2 aromatic rings. The fourth-order valence-electron chi connectivity index (χ4n) is 2.12. The van der Waals surface area contributed by atoms with E-state index in [9.17, 15) is 5.11 Å². The number of hydrogen-bond donors (Lipinski definition) is 1. The minimum atomic E-state index is 0.313. The van der Waals surface area contributed by atoms with Crippen molar-refractivity contribution >= 4 is 11.8 Å². The molecule has 0 aliphatic carbocycles. The molecule has 0 radical (unpaired) electrons. The second-order valence-corrected chi connectivity index (χ2v) is 6.15. The van der Waals surface area contributed by atoms with E-state index < -0.39 is 0 Å². The Labute approximate surface area is 126 Å². The summed E-state index contributed by atoms with van der Waals surface area (Å²) in [6, 6.07) is 16.0. The first-order chi connectivity index (χ1) is 9.79. The highest BCUT2D eigenvalue weighted by Crippen LogP contribution is 2.26. The Bertz CT molecular complexity index is 502. The van der Waals surface area contributed by atoms with E-state index in [-0.39, 0.29) is 0 Å². The van der Waals surface area contributed by atoms with Gasteiger partial charge in [0.2, 0.25) is 0 Å². The molecule has 0 aromatic heterocycles. The Morgan fingerprint density at radius 3 is 2.00 bits per heavy atom. The molecule has 1 nitrogen and oxygen atoms in total. The van der Waals surface area contributed by atoms with E-state index in [0.29, 0.717) is 5.75 Å². The van der Waals surface area contributed by atoms with Crippen LogP contribution in [0, 0.1) is 0 Å². The molecule has 0 spiro atoms. The zero-order valence-corrected chi connectivity index (χ0v) is 12.8. The standard InChI is InChI=1S/C18H22OS/c1-2-3-4-5-14-20-18-12-8-16(9-13-18)15-6-10-17(19)11-7-15/h6-13,19H,2-5,14H2,1H3. The summed E-state index contributed by atoms with van der Waals surface area (Å²) in [5.74, 6) is 1.52. The van der Waals surface area contributed by atoms with Gasteiger partial charge >= 0.3 is 0 Å². The van der Waals surface area contributed by atoms with E-state index in [4.69, 9.17) is 0 Å². The van der Waals surface area contributed by atoms with Crippen LogP contribution in [0.5, 0.6) is 5.75 Å². The third-order valence-electron chi connectivity index (χ3n) is 3.32. The fourth-order valence-corrected chi connectivity index (χ4v) is 3.03. The zero-order chi connectivity index (χ0) is 14.2. The molecule has 0 aliphatic rings. The van der Waals surface area contributed by atoms with Crippen LogP contribution in [-0.4, -0.2) is 10.9 Å². The molecule has 2 heteroatoms. The van der Waals surface area contributed by atoms with Crippen molar-refractivity contribution in [2.24, 2.45) is 0 Å². The molecule has 0 amide bonds. The molecular weight excluding hydrogens is 264 g/mol. The van der Waals surface area contributed by atoms with Crippen molar-refractivity contribution in [1.82, 2.24) is 0 Å².